The second-order valence-electron chi connectivity index (χ2n) is 5.86. The summed E-state index contributed by atoms with van der Waals surface area (Å²) < 4.78 is 72.2. The van der Waals surface area contributed by atoms with Gasteiger partial charge in [-0.3, -0.25) is 14.5 Å². The first-order valence-electron chi connectivity index (χ1n) is 8.03. The van der Waals surface area contributed by atoms with Crippen molar-refractivity contribution in [3.8, 4) is 17.0 Å². The summed E-state index contributed by atoms with van der Waals surface area (Å²) in [5.74, 6) is -2.98. The molecule has 0 aliphatic carbocycles. The van der Waals surface area contributed by atoms with Crippen LogP contribution < -0.4 is 10.1 Å². The number of pyridine rings is 1. The number of carbonyl (C=O) groups excluding carboxylic acids is 1. The lowest BCUT2D eigenvalue weighted by Gasteiger charge is -2.11. The summed E-state index contributed by atoms with van der Waals surface area (Å²) in [6.45, 7) is 0. The molecule has 11 heteroatoms. The third-order valence-electron chi connectivity index (χ3n) is 3.97. The smallest absolute Gasteiger partial charge is 0.433 e. The third-order valence-corrected chi connectivity index (χ3v) is 3.97. The van der Waals surface area contributed by atoms with Crippen LogP contribution in [-0.2, 0) is 13.2 Å². The maximum atomic E-state index is 13.7. The number of aromatic nitrogens is 3. The van der Waals surface area contributed by atoms with Gasteiger partial charge in [0.15, 0.2) is 5.69 Å². The van der Waals surface area contributed by atoms with Gasteiger partial charge in [0.1, 0.15) is 28.8 Å². The van der Waals surface area contributed by atoms with Crippen molar-refractivity contribution in [2.24, 2.45) is 7.05 Å². The van der Waals surface area contributed by atoms with E-state index >= 15 is 0 Å². The predicted octanol–water partition coefficient (Wildman–Crippen LogP) is 4.04. The predicted molar refractivity (Wildman–Crippen MR) is 92.3 cm³/mol. The maximum Gasteiger partial charge on any atom is 0.433 e. The molecule has 0 spiro atoms. The second-order valence-corrected chi connectivity index (χ2v) is 5.86. The molecule has 152 valence electrons. The van der Waals surface area contributed by atoms with Gasteiger partial charge in [0.05, 0.1) is 18.4 Å². The molecule has 1 aromatic carbocycles. The molecule has 0 aliphatic rings. The fourth-order valence-corrected chi connectivity index (χ4v) is 2.58. The van der Waals surface area contributed by atoms with Gasteiger partial charge in [0, 0.05) is 19.3 Å². The van der Waals surface area contributed by atoms with Crippen molar-refractivity contribution in [1.29, 1.82) is 0 Å². The fourth-order valence-electron chi connectivity index (χ4n) is 2.58. The summed E-state index contributed by atoms with van der Waals surface area (Å²) in [6, 6.07) is 5.04. The van der Waals surface area contributed by atoms with Crippen molar-refractivity contribution in [2.75, 3.05) is 12.4 Å². The Kier molecular flexibility index (Phi) is 5.23. The quantitative estimate of drug-likeness (QED) is 0.657. The average molecular weight is 412 g/mol. The highest BCUT2D eigenvalue weighted by Gasteiger charge is 2.33. The van der Waals surface area contributed by atoms with Crippen molar-refractivity contribution >= 4 is 11.6 Å². The van der Waals surface area contributed by atoms with Crippen molar-refractivity contribution in [3.05, 3.63) is 59.6 Å². The Hall–Kier alpha value is -3.50. The highest BCUT2D eigenvalue weighted by atomic mass is 19.4. The van der Waals surface area contributed by atoms with E-state index in [1.807, 2.05) is 0 Å². The van der Waals surface area contributed by atoms with Crippen molar-refractivity contribution in [3.63, 3.8) is 0 Å². The largest absolute Gasteiger partial charge is 0.496 e. The molecule has 2 aromatic heterocycles. The lowest BCUT2D eigenvalue weighted by molar-refractivity contribution is -0.141. The lowest BCUT2D eigenvalue weighted by atomic mass is 10.1. The van der Waals surface area contributed by atoms with Crippen LogP contribution in [0.4, 0.5) is 27.6 Å². The van der Waals surface area contributed by atoms with E-state index in [-0.39, 0.29) is 22.7 Å². The van der Waals surface area contributed by atoms with Gasteiger partial charge in [-0.2, -0.15) is 18.3 Å². The van der Waals surface area contributed by atoms with Crippen molar-refractivity contribution in [1.82, 2.24) is 14.8 Å². The Bertz CT molecular complexity index is 1060. The molecule has 1 N–H and O–H groups in total. The Morgan fingerprint density at radius 3 is 2.41 bits per heavy atom. The lowest BCUT2D eigenvalue weighted by Crippen LogP contribution is -2.15. The van der Waals surface area contributed by atoms with Gasteiger partial charge >= 0.3 is 6.18 Å². The van der Waals surface area contributed by atoms with E-state index in [9.17, 15) is 26.7 Å². The molecular weight excluding hydrogens is 399 g/mol. The van der Waals surface area contributed by atoms with E-state index in [2.05, 4.69) is 15.4 Å². The first-order chi connectivity index (χ1) is 13.6. The Morgan fingerprint density at radius 2 is 1.83 bits per heavy atom. The SMILES string of the molecule is COc1cc(C(F)(F)F)ncc1-c1cc(C(=O)Nc2c(F)cccc2F)nn1C. The molecule has 0 fully saturated rings. The van der Waals surface area contributed by atoms with Gasteiger partial charge in [0.25, 0.3) is 5.91 Å². The second kappa shape index (κ2) is 7.49. The zero-order valence-corrected chi connectivity index (χ0v) is 15.0. The molecule has 0 radical (unpaired) electrons. The number of hydrogen-bond donors (Lipinski definition) is 1. The zero-order valence-electron chi connectivity index (χ0n) is 15.0. The molecule has 6 nitrogen and oxygen atoms in total. The van der Waals surface area contributed by atoms with Crippen molar-refractivity contribution in [2.45, 2.75) is 6.18 Å². The number of ether oxygens (including phenoxy) is 1. The summed E-state index contributed by atoms with van der Waals surface area (Å²) in [5, 5.41) is 6.03. The minimum absolute atomic E-state index is 0.137. The van der Waals surface area contributed by atoms with E-state index < -0.39 is 35.1 Å². The monoisotopic (exact) mass is 412 g/mol. The number of nitrogens with zero attached hydrogens (tertiary/aromatic N) is 3. The van der Waals surface area contributed by atoms with E-state index in [0.29, 0.717) is 0 Å². The fraction of sp³-hybridized carbons (Fsp3) is 0.167. The molecule has 0 saturated heterocycles. The molecule has 3 aromatic rings. The van der Waals surface area contributed by atoms with Crippen LogP contribution in [0.25, 0.3) is 11.3 Å². The summed E-state index contributed by atoms with van der Waals surface area (Å²) in [4.78, 5) is 15.7. The molecule has 0 unspecified atom stereocenters. The summed E-state index contributed by atoms with van der Waals surface area (Å²) in [7, 11) is 2.62. The third kappa shape index (κ3) is 4.03. The number of methoxy groups -OCH3 is 1. The number of hydrogen-bond acceptors (Lipinski definition) is 4. The van der Waals surface area contributed by atoms with Crippen LogP contribution >= 0.6 is 0 Å². The molecule has 0 bridgehead atoms. The number of anilines is 1. The molecule has 1 amide bonds. The number of alkyl halides is 3. The molecule has 0 atom stereocenters. The molecule has 2 heterocycles. The van der Waals surface area contributed by atoms with E-state index in [1.54, 1.807) is 0 Å². The molecular formula is C18H13F5N4O2. The van der Waals surface area contributed by atoms with Crippen LogP contribution in [-0.4, -0.2) is 27.8 Å². The van der Waals surface area contributed by atoms with Gasteiger partial charge < -0.3 is 10.1 Å². The normalized spacial score (nSPS) is 11.4. The summed E-state index contributed by atoms with van der Waals surface area (Å²) in [5.41, 5.74) is -1.65. The number of para-hydroxylation sites is 1. The Labute approximate surface area is 160 Å². The number of nitrogens with one attached hydrogen (secondary N) is 1. The van der Waals surface area contributed by atoms with Crippen molar-refractivity contribution < 1.29 is 31.5 Å². The highest BCUT2D eigenvalue weighted by Crippen LogP contribution is 2.35. The summed E-state index contributed by atoms with van der Waals surface area (Å²) in [6.07, 6.45) is -3.72. The van der Waals surface area contributed by atoms with Crippen LogP contribution in [0.2, 0.25) is 0 Å². The minimum Gasteiger partial charge on any atom is -0.496 e. The van der Waals surface area contributed by atoms with Crippen LogP contribution in [0.5, 0.6) is 5.75 Å². The van der Waals surface area contributed by atoms with Gasteiger partial charge in [-0.05, 0) is 18.2 Å². The Morgan fingerprint density at radius 1 is 1.17 bits per heavy atom. The molecule has 29 heavy (non-hydrogen) atoms. The topological polar surface area (TPSA) is 69.0 Å². The minimum atomic E-state index is -4.66. The Balaban J connectivity index is 1.96. The number of halogens is 5. The maximum absolute atomic E-state index is 13.7. The molecule has 0 aliphatic heterocycles. The first kappa shape index (κ1) is 20.2. The van der Waals surface area contributed by atoms with E-state index in [0.717, 1.165) is 30.5 Å². The number of benzene rings is 1. The number of carbonyl (C=O) groups is 1. The van der Waals surface area contributed by atoms with E-state index in [1.165, 1.54) is 24.9 Å². The van der Waals surface area contributed by atoms with Gasteiger partial charge in [0.2, 0.25) is 0 Å². The molecule has 0 saturated carbocycles. The highest BCUT2D eigenvalue weighted by molar-refractivity contribution is 6.03. The zero-order chi connectivity index (χ0) is 21.3. The number of amides is 1. The van der Waals surface area contributed by atoms with Crippen LogP contribution in [0.3, 0.4) is 0 Å². The van der Waals surface area contributed by atoms with Crippen LogP contribution in [0, 0.1) is 11.6 Å². The van der Waals surface area contributed by atoms with Gasteiger partial charge in [-0.25, -0.2) is 8.78 Å². The van der Waals surface area contributed by atoms with Gasteiger partial charge in [-0.1, -0.05) is 6.07 Å². The number of rotatable bonds is 4. The number of aryl methyl sites for hydroxylation is 1. The standard InChI is InChI=1S/C18H13F5N4O2/c1-27-13(9-8-24-15(18(21,22)23)7-14(9)29-2)6-12(26-27)17(28)25-16-10(19)4-3-5-11(16)20/h3-8H,1-2H3,(H,25,28). The van der Waals surface area contributed by atoms with Gasteiger partial charge in [-0.15, -0.1) is 0 Å². The van der Waals surface area contributed by atoms with Crippen LogP contribution in [0.1, 0.15) is 16.2 Å². The summed E-state index contributed by atoms with van der Waals surface area (Å²) >= 11 is 0. The van der Waals surface area contributed by atoms with E-state index in [4.69, 9.17) is 4.74 Å². The first-order valence-corrected chi connectivity index (χ1v) is 8.03. The molecule has 3 rings (SSSR count). The average Bonchev–Trinajstić information content (AvgIpc) is 3.05. The van der Waals surface area contributed by atoms with Crippen LogP contribution in [0.15, 0.2) is 36.5 Å².